The highest BCUT2D eigenvalue weighted by molar-refractivity contribution is 5.30. The molecular weight excluding hydrogens is 170 g/mol. The van der Waals surface area contributed by atoms with Crippen LogP contribution in [0.15, 0.2) is 42.0 Å². The lowest BCUT2D eigenvalue weighted by atomic mass is 9.91. The summed E-state index contributed by atoms with van der Waals surface area (Å²) in [5.74, 6) is 0.348. The van der Waals surface area contributed by atoms with Gasteiger partial charge in [0.05, 0.1) is 6.07 Å². The van der Waals surface area contributed by atoms with Crippen molar-refractivity contribution in [2.24, 2.45) is 0 Å². The molecule has 0 aliphatic rings. The number of nitriles is 1. The summed E-state index contributed by atoms with van der Waals surface area (Å²) in [7, 11) is 0. The highest BCUT2D eigenvalue weighted by atomic mass is 14.2. The maximum atomic E-state index is 8.64. The summed E-state index contributed by atoms with van der Waals surface area (Å²) in [6.07, 6.45) is 2.60. The van der Waals surface area contributed by atoms with Crippen molar-refractivity contribution in [3.8, 4) is 6.07 Å². The minimum Gasteiger partial charge on any atom is -0.193 e. The molecule has 0 aliphatic heterocycles. The van der Waals surface area contributed by atoms with Crippen molar-refractivity contribution in [2.75, 3.05) is 0 Å². The fourth-order valence-corrected chi connectivity index (χ4v) is 1.57. The second-order valence-corrected chi connectivity index (χ2v) is 3.33. The normalized spacial score (nSPS) is 13.4. The first-order valence-corrected chi connectivity index (χ1v) is 4.93. The summed E-state index contributed by atoms with van der Waals surface area (Å²) in [6.45, 7) is 4.23. The molecule has 0 N–H and O–H groups in total. The van der Waals surface area contributed by atoms with Crippen molar-refractivity contribution in [1.82, 2.24) is 0 Å². The molecule has 0 spiro atoms. The Kier molecular flexibility index (Phi) is 3.94. The van der Waals surface area contributed by atoms with Crippen molar-refractivity contribution in [3.63, 3.8) is 0 Å². The first-order chi connectivity index (χ1) is 6.79. The van der Waals surface area contributed by atoms with E-state index in [0.717, 1.165) is 6.42 Å². The Labute approximate surface area is 85.7 Å². The van der Waals surface area contributed by atoms with E-state index in [1.54, 1.807) is 6.08 Å². The van der Waals surface area contributed by atoms with Gasteiger partial charge in [0.15, 0.2) is 0 Å². The molecule has 1 aromatic rings. The van der Waals surface area contributed by atoms with Gasteiger partial charge in [0, 0.05) is 12.0 Å². The molecule has 1 aromatic carbocycles. The first-order valence-electron chi connectivity index (χ1n) is 4.93. The van der Waals surface area contributed by atoms with Gasteiger partial charge in [-0.3, -0.25) is 0 Å². The predicted molar refractivity (Wildman–Crippen MR) is 58.8 cm³/mol. The van der Waals surface area contributed by atoms with Gasteiger partial charge >= 0.3 is 0 Å². The Balaban J connectivity index is 2.90. The van der Waals surface area contributed by atoms with Crippen molar-refractivity contribution in [3.05, 3.63) is 47.5 Å². The zero-order valence-corrected chi connectivity index (χ0v) is 8.70. The van der Waals surface area contributed by atoms with Crippen LogP contribution in [0.3, 0.4) is 0 Å². The van der Waals surface area contributed by atoms with Gasteiger partial charge in [-0.1, -0.05) is 49.8 Å². The van der Waals surface area contributed by atoms with Crippen LogP contribution in [0.1, 0.15) is 31.7 Å². The quantitative estimate of drug-likeness (QED) is 0.659. The molecule has 72 valence electrons. The first kappa shape index (κ1) is 10.5. The van der Waals surface area contributed by atoms with Gasteiger partial charge < -0.3 is 0 Å². The molecule has 0 heterocycles. The van der Waals surface area contributed by atoms with Crippen molar-refractivity contribution in [1.29, 1.82) is 5.26 Å². The largest absolute Gasteiger partial charge is 0.193 e. The molecule has 14 heavy (non-hydrogen) atoms. The Hall–Kier alpha value is -1.55. The van der Waals surface area contributed by atoms with Crippen LogP contribution in [0.4, 0.5) is 0 Å². The van der Waals surface area contributed by atoms with Crippen molar-refractivity contribution < 1.29 is 0 Å². The minimum atomic E-state index is 0.348. The average Bonchev–Trinajstić information content (AvgIpc) is 2.26. The molecule has 0 bridgehead atoms. The fourth-order valence-electron chi connectivity index (χ4n) is 1.57. The molecule has 0 saturated carbocycles. The lowest BCUT2D eigenvalue weighted by molar-refractivity contribution is 0.839. The maximum absolute atomic E-state index is 8.64. The van der Waals surface area contributed by atoms with E-state index in [2.05, 4.69) is 32.0 Å². The molecule has 0 fully saturated rings. The smallest absolute Gasteiger partial charge is 0.0911 e. The van der Waals surface area contributed by atoms with Gasteiger partial charge in [0.25, 0.3) is 0 Å². The summed E-state index contributed by atoms with van der Waals surface area (Å²) in [4.78, 5) is 0. The standard InChI is InChI=1S/C13H15N/c1-3-12(9-10-14)11(2)13-7-5-4-6-8-13/h4-9,11H,3H2,1-2H3. The fraction of sp³-hybridized carbons (Fsp3) is 0.308. The third-order valence-electron chi connectivity index (χ3n) is 2.51. The van der Waals surface area contributed by atoms with Gasteiger partial charge in [-0.2, -0.15) is 5.26 Å². The predicted octanol–water partition coefficient (Wildman–Crippen LogP) is 3.65. The van der Waals surface area contributed by atoms with E-state index in [-0.39, 0.29) is 0 Å². The van der Waals surface area contributed by atoms with Crippen LogP contribution >= 0.6 is 0 Å². The Bertz CT molecular complexity index is 343. The highest BCUT2D eigenvalue weighted by Crippen LogP contribution is 2.25. The van der Waals surface area contributed by atoms with E-state index in [0.29, 0.717) is 5.92 Å². The van der Waals surface area contributed by atoms with Crippen LogP contribution in [0, 0.1) is 11.3 Å². The molecule has 1 rings (SSSR count). The third kappa shape index (κ3) is 2.47. The second kappa shape index (κ2) is 5.24. The minimum absolute atomic E-state index is 0.348. The van der Waals surface area contributed by atoms with Crippen molar-refractivity contribution >= 4 is 0 Å². The second-order valence-electron chi connectivity index (χ2n) is 3.33. The summed E-state index contributed by atoms with van der Waals surface area (Å²) in [5, 5.41) is 8.64. The number of rotatable bonds is 3. The van der Waals surface area contributed by atoms with E-state index in [9.17, 15) is 0 Å². The van der Waals surface area contributed by atoms with Gasteiger partial charge in [-0.25, -0.2) is 0 Å². The topological polar surface area (TPSA) is 23.8 Å². The molecule has 0 aromatic heterocycles. The molecule has 0 saturated heterocycles. The van der Waals surface area contributed by atoms with Crippen molar-refractivity contribution in [2.45, 2.75) is 26.2 Å². The van der Waals surface area contributed by atoms with Crippen LogP contribution in [0.2, 0.25) is 0 Å². The average molecular weight is 185 g/mol. The third-order valence-corrected chi connectivity index (χ3v) is 2.51. The number of hydrogen-bond donors (Lipinski definition) is 0. The van der Waals surface area contributed by atoms with E-state index < -0.39 is 0 Å². The highest BCUT2D eigenvalue weighted by Gasteiger charge is 2.08. The van der Waals surface area contributed by atoms with Crippen LogP contribution in [-0.2, 0) is 0 Å². The number of nitrogens with zero attached hydrogens (tertiary/aromatic N) is 1. The lowest BCUT2D eigenvalue weighted by Crippen LogP contribution is -1.96. The molecule has 0 radical (unpaired) electrons. The molecule has 0 aliphatic carbocycles. The Morgan fingerprint density at radius 1 is 1.43 bits per heavy atom. The molecule has 1 nitrogen and oxygen atoms in total. The molecule has 1 heteroatoms. The summed E-state index contributed by atoms with van der Waals surface area (Å²) in [6, 6.07) is 12.4. The number of allylic oxidation sites excluding steroid dienone is 2. The summed E-state index contributed by atoms with van der Waals surface area (Å²) < 4.78 is 0. The van der Waals surface area contributed by atoms with Crippen LogP contribution in [0.5, 0.6) is 0 Å². The zero-order valence-electron chi connectivity index (χ0n) is 8.70. The lowest BCUT2D eigenvalue weighted by Gasteiger charge is -2.13. The van der Waals surface area contributed by atoms with E-state index in [1.807, 2.05) is 18.2 Å². The van der Waals surface area contributed by atoms with Gasteiger partial charge in [-0.05, 0) is 12.0 Å². The molecule has 1 atom stereocenters. The van der Waals surface area contributed by atoms with Gasteiger partial charge in [-0.15, -0.1) is 0 Å². The van der Waals surface area contributed by atoms with Gasteiger partial charge in [0.2, 0.25) is 0 Å². The molecular formula is C13H15N. The van der Waals surface area contributed by atoms with E-state index >= 15 is 0 Å². The summed E-state index contributed by atoms with van der Waals surface area (Å²) >= 11 is 0. The Morgan fingerprint density at radius 2 is 2.07 bits per heavy atom. The monoisotopic (exact) mass is 185 g/mol. The number of hydrogen-bond acceptors (Lipinski definition) is 1. The van der Waals surface area contributed by atoms with E-state index in [1.165, 1.54) is 11.1 Å². The van der Waals surface area contributed by atoms with Gasteiger partial charge in [0.1, 0.15) is 0 Å². The SMILES string of the molecule is CCC(=CC#N)C(C)c1ccccc1. The molecule has 0 amide bonds. The maximum Gasteiger partial charge on any atom is 0.0911 e. The number of benzene rings is 1. The molecule has 1 unspecified atom stereocenters. The Morgan fingerprint density at radius 3 is 2.57 bits per heavy atom. The van der Waals surface area contributed by atoms with E-state index in [4.69, 9.17) is 5.26 Å². The zero-order chi connectivity index (χ0) is 10.4. The van der Waals surface area contributed by atoms with Crippen LogP contribution in [-0.4, -0.2) is 0 Å². The van der Waals surface area contributed by atoms with Crippen LogP contribution < -0.4 is 0 Å². The summed E-state index contributed by atoms with van der Waals surface area (Å²) in [5.41, 5.74) is 2.47. The van der Waals surface area contributed by atoms with Crippen LogP contribution in [0.25, 0.3) is 0 Å².